The van der Waals surface area contributed by atoms with Crippen molar-refractivity contribution in [3.05, 3.63) is 34.2 Å². The predicted molar refractivity (Wildman–Crippen MR) is 90.0 cm³/mol. The molecule has 1 N–H and O–H groups in total. The summed E-state index contributed by atoms with van der Waals surface area (Å²) in [6.45, 7) is 2.09. The van der Waals surface area contributed by atoms with Crippen molar-refractivity contribution in [3.63, 3.8) is 0 Å². The highest BCUT2D eigenvalue weighted by molar-refractivity contribution is 7.21. The minimum atomic E-state index is 0.0179. The van der Waals surface area contributed by atoms with Crippen molar-refractivity contribution < 1.29 is 4.79 Å². The van der Waals surface area contributed by atoms with E-state index in [9.17, 15) is 4.79 Å². The SMILES string of the molecule is O=C(c1cc2cccc(Cl)c2s1)C1C2NC3CC2CCN1C3. The van der Waals surface area contributed by atoms with Crippen molar-refractivity contribution in [3.8, 4) is 0 Å². The van der Waals surface area contributed by atoms with E-state index in [4.69, 9.17) is 11.6 Å². The van der Waals surface area contributed by atoms with Crippen LogP contribution in [0.25, 0.3) is 10.1 Å². The number of carbonyl (C=O) groups is 1. The van der Waals surface area contributed by atoms with E-state index in [2.05, 4.69) is 10.2 Å². The number of nitrogens with zero attached hydrogens (tertiary/aromatic N) is 1. The molecule has 5 heteroatoms. The Morgan fingerprint density at radius 3 is 3.18 bits per heavy atom. The monoisotopic (exact) mass is 332 g/mol. The van der Waals surface area contributed by atoms with E-state index >= 15 is 0 Å². The molecule has 3 bridgehead atoms. The summed E-state index contributed by atoms with van der Waals surface area (Å²) in [6.07, 6.45) is 2.47. The number of piperidine rings is 1. The molecule has 0 aliphatic carbocycles. The number of nitrogens with one attached hydrogen (secondary N) is 1. The lowest BCUT2D eigenvalue weighted by molar-refractivity contribution is 0.0521. The van der Waals surface area contributed by atoms with Crippen LogP contribution in [0.1, 0.15) is 22.5 Å². The Morgan fingerprint density at radius 2 is 2.32 bits per heavy atom. The fraction of sp³-hybridized carbons (Fsp3) is 0.471. The van der Waals surface area contributed by atoms with Gasteiger partial charge in [0.2, 0.25) is 0 Å². The number of piperazine rings is 1. The van der Waals surface area contributed by atoms with E-state index in [-0.39, 0.29) is 11.8 Å². The molecule has 1 aromatic heterocycles. The maximum atomic E-state index is 13.1. The van der Waals surface area contributed by atoms with Gasteiger partial charge in [-0.15, -0.1) is 11.3 Å². The molecule has 0 amide bonds. The van der Waals surface area contributed by atoms with Gasteiger partial charge in [-0.25, -0.2) is 0 Å². The zero-order valence-corrected chi connectivity index (χ0v) is 13.7. The Kier molecular flexibility index (Phi) is 2.93. The van der Waals surface area contributed by atoms with Crippen LogP contribution >= 0.6 is 22.9 Å². The number of Topliss-reactive ketones (excluding diaryl/α,β-unsaturated/α-hetero) is 1. The third kappa shape index (κ3) is 1.84. The first-order valence-electron chi connectivity index (χ1n) is 7.93. The molecule has 0 radical (unpaired) electrons. The van der Waals surface area contributed by atoms with Crippen LogP contribution in [-0.2, 0) is 0 Å². The number of fused-ring (bicyclic) bond motifs is 3. The van der Waals surface area contributed by atoms with Crippen LogP contribution in [0.3, 0.4) is 0 Å². The lowest BCUT2D eigenvalue weighted by Gasteiger charge is -2.44. The van der Waals surface area contributed by atoms with Gasteiger partial charge in [0.15, 0.2) is 5.78 Å². The first-order valence-corrected chi connectivity index (χ1v) is 9.12. The van der Waals surface area contributed by atoms with Crippen LogP contribution in [0, 0.1) is 5.92 Å². The van der Waals surface area contributed by atoms with Crippen molar-refractivity contribution in [1.82, 2.24) is 10.2 Å². The van der Waals surface area contributed by atoms with Crippen molar-refractivity contribution in [2.75, 3.05) is 13.1 Å². The number of hydrogen-bond acceptors (Lipinski definition) is 4. The van der Waals surface area contributed by atoms with E-state index in [1.54, 1.807) is 11.3 Å². The molecule has 5 atom stereocenters. The largest absolute Gasteiger partial charge is 0.308 e. The predicted octanol–water partition coefficient (Wildman–Crippen LogP) is 3.17. The summed E-state index contributed by atoms with van der Waals surface area (Å²) < 4.78 is 1.03. The number of benzene rings is 1. The second-order valence-corrected chi connectivity index (χ2v) is 8.21. The molecule has 3 saturated heterocycles. The molecule has 114 valence electrons. The van der Waals surface area contributed by atoms with Gasteiger partial charge in [-0.1, -0.05) is 23.7 Å². The van der Waals surface area contributed by atoms with Crippen LogP contribution in [0.5, 0.6) is 0 Å². The molecule has 3 nitrogen and oxygen atoms in total. The fourth-order valence-electron chi connectivity index (χ4n) is 4.57. The van der Waals surface area contributed by atoms with Gasteiger partial charge in [0, 0.05) is 18.6 Å². The van der Waals surface area contributed by atoms with Gasteiger partial charge >= 0.3 is 0 Å². The van der Waals surface area contributed by atoms with E-state index in [0.29, 0.717) is 18.0 Å². The zero-order valence-electron chi connectivity index (χ0n) is 12.1. The molecular formula is C17H17ClN2OS. The van der Waals surface area contributed by atoms with Crippen molar-refractivity contribution in [2.45, 2.75) is 31.0 Å². The van der Waals surface area contributed by atoms with E-state index in [1.165, 1.54) is 12.8 Å². The molecule has 4 heterocycles. The van der Waals surface area contributed by atoms with Crippen LogP contribution in [0.4, 0.5) is 0 Å². The summed E-state index contributed by atoms with van der Waals surface area (Å²) >= 11 is 7.81. The minimum Gasteiger partial charge on any atom is -0.308 e. The summed E-state index contributed by atoms with van der Waals surface area (Å²) in [4.78, 5) is 16.4. The van der Waals surface area contributed by atoms with Gasteiger partial charge in [-0.2, -0.15) is 0 Å². The molecule has 5 unspecified atom stereocenters. The molecule has 3 aliphatic rings. The maximum Gasteiger partial charge on any atom is 0.191 e. The average molecular weight is 333 g/mol. The van der Waals surface area contributed by atoms with E-state index < -0.39 is 0 Å². The van der Waals surface area contributed by atoms with Crippen molar-refractivity contribution in [1.29, 1.82) is 0 Å². The number of thiophene rings is 1. The highest BCUT2D eigenvalue weighted by Gasteiger charge is 2.51. The Morgan fingerprint density at radius 1 is 1.41 bits per heavy atom. The second kappa shape index (κ2) is 4.78. The number of ketones is 1. The number of rotatable bonds is 2. The summed E-state index contributed by atoms with van der Waals surface area (Å²) in [5.41, 5.74) is 0. The first-order chi connectivity index (χ1) is 10.7. The fourth-order valence-corrected chi connectivity index (χ4v) is 5.91. The zero-order chi connectivity index (χ0) is 14.8. The van der Waals surface area contributed by atoms with Crippen LogP contribution in [0.2, 0.25) is 5.02 Å². The van der Waals surface area contributed by atoms with E-state index in [0.717, 1.165) is 33.1 Å². The summed E-state index contributed by atoms with van der Waals surface area (Å²) in [5.74, 6) is 0.954. The van der Waals surface area contributed by atoms with Gasteiger partial charge in [0.1, 0.15) is 0 Å². The summed E-state index contributed by atoms with van der Waals surface area (Å²) in [6, 6.07) is 8.85. The standard InChI is InChI=1S/C17H17ClN2OS/c18-12-3-1-2-10-7-13(22-17(10)12)16(21)15-14-9-4-5-20(15)8-11(6-9)19-14/h1-3,7,9,11,14-15,19H,4-6,8H2. The summed E-state index contributed by atoms with van der Waals surface area (Å²) in [5, 5.41) is 5.50. The Balaban J connectivity index is 1.54. The summed E-state index contributed by atoms with van der Waals surface area (Å²) in [7, 11) is 0. The van der Waals surface area contributed by atoms with Gasteiger partial charge in [-0.05, 0) is 42.8 Å². The lowest BCUT2D eigenvalue weighted by atomic mass is 9.85. The Bertz CT molecular complexity index is 773. The van der Waals surface area contributed by atoms with Crippen LogP contribution < -0.4 is 5.32 Å². The minimum absolute atomic E-state index is 0.0179. The third-order valence-corrected chi connectivity index (χ3v) is 7.13. The molecule has 22 heavy (non-hydrogen) atoms. The van der Waals surface area contributed by atoms with Gasteiger partial charge in [0.05, 0.1) is 20.6 Å². The highest BCUT2D eigenvalue weighted by Crippen LogP contribution is 2.40. The average Bonchev–Trinajstić information content (AvgIpc) is 3.02. The lowest BCUT2D eigenvalue weighted by Crippen LogP contribution is -2.64. The molecule has 0 saturated carbocycles. The molecule has 2 aromatic rings. The second-order valence-electron chi connectivity index (χ2n) is 6.75. The van der Waals surface area contributed by atoms with Gasteiger partial charge in [-0.3, -0.25) is 9.69 Å². The quantitative estimate of drug-likeness (QED) is 0.857. The Hall–Kier alpha value is -0.940. The Labute approximate surface area is 138 Å². The maximum absolute atomic E-state index is 13.1. The topological polar surface area (TPSA) is 32.3 Å². The molecule has 3 aliphatic heterocycles. The molecule has 5 rings (SSSR count). The highest BCUT2D eigenvalue weighted by atomic mass is 35.5. The smallest absolute Gasteiger partial charge is 0.191 e. The molecule has 3 fully saturated rings. The molecule has 0 spiro atoms. The molecular weight excluding hydrogens is 316 g/mol. The van der Waals surface area contributed by atoms with Gasteiger partial charge in [0.25, 0.3) is 0 Å². The van der Waals surface area contributed by atoms with Crippen molar-refractivity contribution >= 4 is 38.8 Å². The van der Waals surface area contributed by atoms with Crippen molar-refractivity contribution in [2.24, 2.45) is 5.92 Å². The number of hydrogen-bond donors (Lipinski definition) is 1. The first kappa shape index (κ1) is 13.5. The number of carbonyl (C=O) groups excluding carboxylic acids is 1. The molecule has 1 aromatic carbocycles. The van der Waals surface area contributed by atoms with Gasteiger partial charge < -0.3 is 5.32 Å². The normalized spacial score (nSPS) is 36.1. The van der Waals surface area contributed by atoms with E-state index in [1.807, 2.05) is 24.3 Å². The van der Waals surface area contributed by atoms with Crippen LogP contribution in [0.15, 0.2) is 24.3 Å². The number of halogens is 1. The van der Waals surface area contributed by atoms with Crippen LogP contribution in [-0.4, -0.2) is 41.9 Å². The third-order valence-electron chi connectivity index (χ3n) is 5.51.